The van der Waals surface area contributed by atoms with Gasteiger partial charge in [0.2, 0.25) is 0 Å². The van der Waals surface area contributed by atoms with Crippen LogP contribution in [0.5, 0.6) is 0 Å². The number of nitrogens with zero attached hydrogens (tertiary/aromatic N) is 2. The number of hydrogen-bond acceptors (Lipinski definition) is 1. The van der Waals surface area contributed by atoms with E-state index in [2.05, 4.69) is 36.6 Å². The number of rotatable bonds is 3. The third-order valence-corrected chi connectivity index (χ3v) is 4.82. The van der Waals surface area contributed by atoms with Gasteiger partial charge in [-0.25, -0.2) is 4.98 Å². The van der Waals surface area contributed by atoms with Gasteiger partial charge in [0.25, 0.3) is 0 Å². The third kappa shape index (κ3) is 2.46. The van der Waals surface area contributed by atoms with Crippen molar-refractivity contribution in [2.75, 3.05) is 5.88 Å². The van der Waals surface area contributed by atoms with E-state index in [1.165, 1.54) is 42.6 Å². The second kappa shape index (κ2) is 5.77. The molecular weight excluding hydrogens is 268 g/mol. The molecule has 1 aliphatic rings. The Morgan fingerprint density at radius 3 is 2.85 bits per heavy atom. The first kappa shape index (κ1) is 13.9. The summed E-state index contributed by atoms with van der Waals surface area (Å²) in [6, 6.07) is 7.16. The number of alkyl halides is 1. The van der Waals surface area contributed by atoms with Crippen molar-refractivity contribution in [3.8, 4) is 0 Å². The van der Waals surface area contributed by atoms with Gasteiger partial charge < -0.3 is 4.57 Å². The maximum absolute atomic E-state index is 5.99. The largest absolute Gasteiger partial charge is 0.325 e. The standard InChI is InChI=1S/C17H23ClN2/c1-12-7-8-14-16(11-12)20(17(19-14)9-10-18)15-6-4-3-5-13(15)2/h7-8,11,13,15H,3-6,9-10H2,1-2H3. The van der Waals surface area contributed by atoms with Gasteiger partial charge in [0.15, 0.2) is 0 Å². The zero-order chi connectivity index (χ0) is 14.1. The summed E-state index contributed by atoms with van der Waals surface area (Å²) in [4.78, 5) is 4.83. The minimum atomic E-state index is 0.591. The van der Waals surface area contributed by atoms with Gasteiger partial charge in [0, 0.05) is 18.3 Å². The van der Waals surface area contributed by atoms with Crippen LogP contribution in [0, 0.1) is 12.8 Å². The van der Waals surface area contributed by atoms with E-state index in [-0.39, 0.29) is 0 Å². The fraction of sp³-hybridized carbons (Fsp3) is 0.588. The summed E-state index contributed by atoms with van der Waals surface area (Å²) in [7, 11) is 0. The molecule has 0 saturated heterocycles. The molecule has 3 rings (SSSR count). The van der Waals surface area contributed by atoms with E-state index in [9.17, 15) is 0 Å². The van der Waals surface area contributed by atoms with Gasteiger partial charge in [0.1, 0.15) is 5.82 Å². The molecule has 0 amide bonds. The van der Waals surface area contributed by atoms with Crippen LogP contribution in [-0.2, 0) is 6.42 Å². The van der Waals surface area contributed by atoms with Crippen molar-refractivity contribution >= 4 is 22.6 Å². The molecule has 2 nitrogen and oxygen atoms in total. The molecule has 0 aliphatic heterocycles. The summed E-state index contributed by atoms with van der Waals surface area (Å²) < 4.78 is 2.49. The maximum atomic E-state index is 5.99. The number of aryl methyl sites for hydroxylation is 2. The Kier molecular flexibility index (Phi) is 4.02. The average molecular weight is 291 g/mol. The van der Waals surface area contributed by atoms with E-state index >= 15 is 0 Å². The summed E-state index contributed by atoms with van der Waals surface area (Å²) >= 11 is 5.99. The fourth-order valence-electron chi connectivity index (χ4n) is 3.56. The highest BCUT2D eigenvalue weighted by Crippen LogP contribution is 2.37. The monoisotopic (exact) mass is 290 g/mol. The zero-order valence-corrected chi connectivity index (χ0v) is 13.2. The first-order valence-electron chi connectivity index (χ1n) is 7.74. The van der Waals surface area contributed by atoms with Crippen molar-refractivity contribution in [3.05, 3.63) is 29.6 Å². The average Bonchev–Trinajstić information content (AvgIpc) is 2.77. The summed E-state index contributed by atoms with van der Waals surface area (Å²) in [5, 5.41) is 0. The number of halogens is 1. The predicted molar refractivity (Wildman–Crippen MR) is 85.6 cm³/mol. The Hall–Kier alpha value is -1.02. The van der Waals surface area contributed by atoms with Crippen LogP contribution in [0.25, 0.3) is 11.0 Å². The molecule has 3 heteroatoms. The van der Waals surface area contributed by atoms with E-state index in [1.807, 2.05) is 0 Å². The lowest BCUT2D eigenvalue weighted by atomic mass is 9.85. The Bertz CT molecular complexity index is 602. The van der Waals surface area contributed by atoms with Crippen molar-refractivity contribution in [1.82, 2.24) is 9.55 Å². The highest BCUT2D eigenvalue weighted by atomic mass is 35.5. The van der Waals surface area contributed by atoms with E-state index in [0.717, 1.165) is 17.9 Å². The lowest BCUT2D eigenvalue weighted by Crippen LogP contribution is -2.23. The molecule has 1 aromatic carbocycles. The fourth-order valence-corrected chi connectivity index (χ4v) is 3.73. The Morgan fingerprint density at radius 1 is 1.30 bits per heavy atom. The Labute approximate surface area is 126 Å². The topological polar surface area (TPSA) is 17.8 Å². The number of fused-ring (bicyclic) bond motifs is 1. The molecule has 1 heterocycles. The lowest BCUT2D eigenvalue weighted by Gasteiger charge is -2.31. The molecule has 0 radical (unpaired) electrons. The second-order valence-corrected chi connectivity index (χ2v) is 6.54. The molecule has 1 aromatic heterocycles. The van der Waals surface area contributed by atoms with E-state index in [1.54, 1.807) is 0 Å². The van der Waals surface area contributed by atoms with Crippen molar-refractivity contribution in [2.45, 2.75) is 52.0 Å². The first-order chi connectivity index (χ1) is 9.70. The molecule has 2 atom stereocenters. The van der Waals surface area contributed by atoms with Crippen LogP contribution in [-0.4, -0.2) is 15.4 Å². The molecular formula is C17H23ClN2. The van der Waals surface area contributed by atoms with Gasteiger partial charge in [-0.05, 0) is 43.4 Å². The molecule has 1 saturated carbocycles. The molecule has 0 bridgehead atoms. The molecule has 108 valence electrons. The van der Waals surface area contributed by atoms with Gasteiger partial charge >= 0.3 is 0 Å². The number of hydrogen-bond donors (Lipinski definition) is 0. The second-order valence-electron chi connectivity index (χ2n) is 6.16. The molecule has 1 fully saturated rings. The van der Waals surface area contributed by atoms with E-state index in [0.29, 0.717) is 11.9 Å². The minimum Gasteiger partial charge on any atom is -0.325 e. The third-order valence-electron chi connectivity index (χ3n) is 4.63. The van der Waals surface area contributed by atoms with E-state index in [4.69, 9.17) is 16.6 Å². The first-order valence-corrected chi connectivity index (χ1v) is 8.27. The molecule has 20 heavy (non-hydrogen) atoms. The Morgan fingerprint density at radius 2 is 2.10 bits per heavy atom. The summed E-state index contributed by atoms with van der Waals surface area (Å²) in [6.45, 7) is 4.54. The highest BCUT2D eigenvalue weighted by Gasteiger charge is 2.26. The number of imidazole rings is 1. The number of benzene rings is 1. The van der Waals surface area contributed by atoms with Crippen molar-refractivity contribution in [3.63, 3.8) is 0 Å². The van der Waals surface area contributed by atoms with Gasteiger partial charge in [-0.2, -0.15) is 0 Å². The van der Waals surface area contributed by atoms with Crippen LogP contribution >= 0.6 is 11.6 Å². The van der Waals surface area contributed by atoms with Crippen LogP contribution < -0.4 is 0 Å². The molecule has 0 spiro atoms. The van der Waals surface area contributed by atoms with Crippen LogP contribution in [0.3, 0.4) is 0 Å². The van der Waals surface area contributed by atoms with Gasteiger partial charge in [-0.1, -0.05) is 25.8 Å². The Balaban J connectivity index is 2.14. The summed E-state index contributed by atoms with van der Waals surface area (Å²) in [6.07, 6.45) is 6.17. The van der Waals surface area contributed by atoms with Crippen LogP contribution in [0.2, 0.25) is 0 Å². The molecule has 2 aromatic rings. The van der Waals surface area contributed by atoms with Crippen molar-refractivity contribution < 1.29 is 0 Å². The lowest BCUT2D eigenvalue weighted by molar-refractivity contribution is 0.257. The van der Waals surface area contributed by atoms with Crippen LogP contribution in [0.1, 0.15) is 50.0 Å². The predicted octanol–water partition coefficient (Wildman–Crippen LogP) is 4.88. The molecule has 1 aliphatic carbocycles. The van der Waals surface area contributed by atoms with Crippen LogP contribution in [0.4, 0.5) is 0 Å². The maximum Gasteiger partial charge on any atom is 0.111 e. The quantitative estimate of drug-likeness (QED) is 0.737. The van der Waals surface area contributed by atoms with Gasteiger partial charge in [-0.15, -0.1) is 11.6 Å². The highest BCUT2D eigenvalue weighted by molar-refractivity contribution is 6.17. The molecule has 0 N–H and O–H groups in total. The normalized spacial score (nSPS) is 23.4. The minimum absolute atomic E-state index is 0.591. The van der Waals surface area contributed by atoms with E-state index < -0.39 is 0 Å². The van der Waals surface area contributed by atoms with Crippen molar-refractivity contribution in [1.29, 1.82) is 0 Å². The van der Waals surface area contributed by atoms with Crippen molar-refractivity contribution in [2.24, 2.45) is 5.92 Å². The summed E-state index contributed by atoms with van der Waals surface area (Å²) in [5.74, 6) is 2.54. The van der Waals surface area contributed by atoms with Crippen LogP contribution in [0.15, 0.2) is 18.2 Å². The van der Waals surface area contributed by atoms with Gasteiger partial charge in [0.05, 0.1) is 11.0 Å². The smallest absolute Gasteiger partial charge is 0.111 e. The molecule has 2 unspecified atom stereocenters. The SMILES string of the molecule is Cc1ccc2nc(CCCl)n(C3CCCCC3C)c2c1. The zero-order valence-electron chi connectivity index (χ0n) is 12.4. The number of aromatic nitrogens is 2. The summed E-state index contributed by atoms with van der Waals surface area (Å²) in [5.41, 5.74) is 3.72. The van der Waals surface area contributed by atoms with Gasteiger partial charge in [-0.3, -0.25) is 0 Å².